The number of rotatable bonds is 9. The van der Waals surface area contributed by atoms with Gasteiger partial charge in [0.25, 0.3) is 0 Å². The van der Waals surface area contributed by atoms with Crippen LogP contribution in [0, 0.1) is 29.1 Å². The molecule has 0 aromatic carbocycles. The Kier molecular flexibility index (Phi) is 10.4. The van der Waals surface area contributed by atoms with E-state index in [0.29, 0.717) is 24.2 Å². The number of carboxylic acid groups (broad SMARTS) is 1. The molecule has 4 rings (SSSR count). The maximum atomic E-state index is 11.5. The van der Waals surface area contributed by atoms with Crippen molar-refractivity contribution < 1.29 is 34.7 Å². The zero-order valence-corrected chi connectivity index (χ0v) is 24.9. The molecule has 0 aromatic rings. The van der Waals surface area contributed by atoms with Crippen LogP contribution in [0.1, 0.15) is 98.3 Å². The number of aliphatic carboxylic acids is 1. The fraction of sp³-hybridized carbons (Fsp3) is 0.788. The Morgan fingerprint density at radius 1 is 1.07 bits per heavy atom. The molecule has 4 fully saturated rings. The molecule has 40 heavy (non-hydrogen) atoms. The summed E-state index contributed by atoms with van der Waals surface area (Å²) in [6.07, 6.45) is 8.55. The molecule has 1 saturated heterocycles. The summed E-state index contributed by atoms with van der Waals surface area (Å²) in [5, 5.41) is 39.8. The average Bonchev–Trinajstić information content (AvgIpc) is 3.26. The molecule has 0 amide bonds. The second kappa shape index (κ2) is 13.2. The lowest BCUT2D eigenvalue weighted by molar-refractivity contribution is -0.304. The summed E-state index contributed by atoms with van der Waals surface area (Å²) in [5.41, 5.74) is 4.10. The van der Waals surface area contributed by atoms with E-state index < -0.39 is 36.7 Å². The lowest BCUT2D eigenvalue weighted by Crippen LogP contribution is -2.60. The van der Waals surface area contributed by atoms with E-state index in [-0.39, 0.29) is 6.10 Å². The standard InChI is InChI=1S/C33H52O7/c1-19(2)8-6-9-21(4)25-15-16-26-22(10-7-17-33(25,26)5)12-13-23-18-24(14-11-20(23)3)39-32-29(36)27(34)28(35)30(40-32)31(37)38/h12-13,19,21,24-30,32,34-36H,3,6-11,14-18H2,1-2,4-5H3,(H,37,38)/b22-12+,23-13-/t21-,24+,25-,26+,27+,28-,29+,30-,32+,33+/m0/s1. The van der Waals surface area contributed by atoms with Crippen LogP contribution in [0.5, 0.6) is 0 Å². The van der Waals surface area contributed by atoms with Gasteiger partial charge in [0.1, 0.15) is 18.3 Å². The molecule has 0 spiro atoms. The van der Waals surface area contributed by atoms with E-state index in [1.807, 2.05) is 0 Å². The zero-order chi connectivity index (χ0) is 29.2. The Morgan fingerprint density at radius 2 is 1.82 bits per heavy atom. The van der Waals surface area contributed by atoms with E-state index in [2.05, 4.69) is 46.4 Å². The Hall–Kier alpha value is -1.51. The number of hydrogen-bond acceptors (Lipinski definition) is 6. The fourth-order valence-corrected chi connectivity index (χ4v) is 8.11. The van der Waals surface area contributed by atoms with Crippen LogP contribution in [0.25, 0.3) is 0 Å². The molecule has 10 atom stereocenters. The van der Waals surface area contributed by atoms with E-state index in [9.17, 15) is 25.2 Å². The molecule has 3 aliphatic carbocycles. The van der Waals surface area contributed by atoms with Gasteiger partial charge in [-0.05, 0) is 86.0 Å². The molecule has 3 saturated carbocycles. The summed E-state index contributed by atoms with van der Waals surface area (Å²) in [5.74, 6) is 1.55. The van der Waals surface area contributed by atoms with Gasteiger partial charge in [0, 0.05) is 0 Å². The largest absolute Gasteiger partial charge is 0.479 e. The molecule has 7 nitrogen and oxygen atoms in total. The summed E-state index contributed by atoms with van der Waals surface area (Å²) in [7, 11) is 0. The van der Waals surface area contributed by atoms with Gasteiger partial charge in [-0.2, -0.15) is 0 Å². The highest BCUT2D eigenvalue weighted by atomic mass is 16.7. The van der Waals surface area contributed by atoms with E-state index in [1.165, 1.54) is 44.9 Å². The first-order valence-corrected chi connectivity index (χ1v) is 15.6. The monoisotopic (exact) mass is 560 g/mol. The predicted molar refractivity (Wildman–Crippen MR) is 154 cm³/mol. The Balaban J connectivity index is 1.42. The Bertz CT molecular complexity index is 970. The van der Waals surface area contributed by atoms with Gasteiger partial charge in [0.15, 0.2) is 12.4 Å². The minimum Gasteiger partial charge on any atom is -0.479 e. The molecule has 0 aromatic heterocycles. The molecule has 226 valence electrons. The molecule has 4 aliphatic rings. The number of aliphatic hydroxyl groups excluding tert-OH is 3. The highest BCUT2D eigenvalue weighted by Gasteiger charge is 2.51. The number of carboxylic acids is 1. The van der Waals surface area contributed by atoms with Crippen molar-refractivity contribution >= 4 is 5.97 Å². The fourth-order valence-electron chi connectivity index (χ4n) is 8.11. The first kappa shape index (κ1) is 31.4. The maximum absolute atomic E-state index is 11.5. The number of hydrogen-bond donors (Lipinski definition) is 4. The van der Waals surface area contributed by atoms with Crippen molar-refractivity contribution in [2.45, 2.75) is 135 Å². The third-order valence-corrected chi connectivity index (χ3v) is 10.5. The predicted octanol–water partition coefficient (Wildman–Crippen LogP) is 5.54. The quantitative estimate of drug-likeness (QED) is 0.293. The van der Waals surface area contributed by atoms with Crippen LogP contribution in [0.3, 0.4) is 0 Å². The van der Waals surface area contributed by atoms with Crippen LogP contribution in [0.2, 0.25) is 0 Å². The second-order valence-corrected chi connectivity index (χ2v) is 13.7. The molecule has 1 aliphatic heterocycles. The number of allylic oxidation sites excluding steroid dienone is 4. The van der Waals surface area contributed by atoms with E-state index in [0.717, 1.165) is 41.7 Å². The number of aliphatic hydroxyl groups is 3. The topological polar surface area (TPSA) is 116 Å². The van der Waals surface area contributed by atoms with Gasteiger partial charge in [-0.25, -0.2) is 4.79 Å². The lowest BCUT2D eigenvalue weighted by atomic mass is 9.60. The van der Waals surface area contributed by atoms with E-state index in [1.54, 1.807) is 5.57 Å². The van der Waals surface area contributed by atoms with Gasteiger partial charge in [-0.15, -0.1) is 0 Å². The van der Waals surface area contributed by atoms with Crippen molar-refractivity contribution in [2.24, 2.45) is 29.1 Å². The molecular formula is C33H52O7. The van der Waals surface area contributed by atoms with Gasteiger partial charge in [-0.3, -0.25) is 0 Å². The molecule has 7 heteroatoms. The summed E-state index contributed by atoms with van der Waals surface area (Å²) in [4.78, 5) is 11.5. The zero-order valence-electron chi connectivity index (χ0n) is 24.9. The van der Waals surface area contributed by atoms with Crippen LogP contribution >= 0.6 is 0 Å². The van der Waals surface area contributed by atoms with Crippen molar-refractivity contribution in [3.8, 4) is 0 Å². The van der Waals surface area contributed by atoms with E-state index in [4.69, 9.17) is 9.47 Å². The number of fused-ring (bicyclic) bond motifs is 1. The summed E-state index contributed by atoms with van der Waals surface area (Å²) >= 11 is 0. The molecular weight excluding hydrogens is 508 g/mol. The average molecular weight is 561 g/mol. The third kappa shape index (κ3) is 6.75. The second-order valence-electron chi connectivity index (χ2n) is 13.7. The van der Waals surface area contributed by atoms with Gasteiger partial charge in [0.05, 0.1) is 6.10 Å². The number of carbonyl (C=O) groups is 1. The Morgan fingerprint density at radius 3 is 2.52 bits per heavy atom. The van der Waals surface area contributed by atoms with E-state index >= 15 is 0 Å². The smallest absolute Gasteiger partial charge is 0.335 e. The normalized spacial score (nSPS) is 41.5. The van der Waals surface area contributed by atoms with Crippen LogP contribution in [0.15, 0.2) is 35.5 Å². The first-order valence-electron chi connectivity index (χ1n) is 15.6. The van der Waals surface area contributed by atoms with Gasteiger partial charge in [0.2, 0.25) is 0 Å². The van der Waals surface area contributed by atoms with Crippen LogP contribution in [0.4, 0.5) is 0 Å². The minimum atomic E-state index is -1.72. The maximum Gasteiger partial charge on any atom is 0.335 e. The first-order chi connectivity index (χ1) is 18.9. The summed E-state index contributed by atoms with van der Waals surface area (Å²) < 4.78 is 11.3. The SMILES string of the molecule is C=C1CC[C@@H](O[C@@H]2O[C@H](C(=O)O)[C@@H](O)[C@@H](O)[C@H]2O)C/C1=C/C=C1\CCC[C@@]2(C)[C@@H]1CC[C@H]2[C@@H](C)CCCC(C)C. The van der Waals surface area contributed by atoms with Crippen molar-refractivity contribution in [3.05, 3.63) is 35.5 Å². The Labute approximate surface area is 240 Å². The van der Waals surface area contributed by atoms with Gasteiger partial charge in [-0.1, -0.05) is 76.8 Å². The summed E-state index contributed by atoms with van der Waals surface area (Å²) in [6, 6.07) is 0. The highest BCUT2D eigenvalue weighted by Crippen LogP contribution is 2.60. The number of ether oxygens (including phenoxy) is 2. The molecule has 0 unspecified atom stereocenters. The van der Waals surface area contributed by atoms with Crippen LogP contribution in [-0.2, 0) is 14.3 Å². The molecule has 0 radical (unpaired) electrons. The molecule has 0 bridgehead atoms. The van der Waals surface area contributed by atoms with Crippen LogP contribution in [-0.4, -0.2) is 63.2 Å². The highest BCUT2D eigenvalue weighted by molar-refractivity contribution is 5.73. The van der Waals surface area contributed by atoms with Crippen molar-refractivity contribution in [2.75, 3.05) is 0 Å². The summed E-state index contributed by atoms with van der Waals surface area (Å²) in [6.45, 7) is 13.9. The van der Waals surface area contributed by atoms with Crippen molar-refractivity contribution in [1.29, 1.82) is 0 Å². The molecule has 1 heterocycles. The lowest BCUT2D eigenvalue weighted by Gasteiger charge is -2.44. The van der Waals surface area contributed by atoms with Crippen LogP contribution < -0.4 is 0 Å². The van der Waals surface area contributed by atoms with Gasteiger partial charge < -0.3 is 29.9 Å². The van der Waals surface area contributed by atoms with Crippen molar-refractivity contribution in [1.82, 2.24) is 0 Å². The van der Waals surface area contributed by atoms with Crippen molar-refractivity contribution in [3.63, 3.8) is 0 Å². The van der Waals surface area contributed by atoms with Gasteiger partial charge >= 0.3 is 5.97 Å². The minimum absolute atomic E-state index is 0.314. The third-order valence-electron chi connectivity index (χ3n) is 10.5. The molecule has 4 N–H and O–H groups in total.